The van der Waals surface area contributed by atoms with Gasteiger partial charge in [0.25, 0.3) is 0 Å². The van der Waals surface area contributed by atoms with Crippen molar-refractivity contribution in [2.24, 2.45) is 0 Å². The highest BCUT2D eigenvalue weighted by atomic mass is 16.5. The fourth-order valence-corrected chi connectivity index (χ4v) is 10.6. The van der Waals surface area contributed by atoms with E-state index in [0.717, 1.165) is 44.9 Å². The number of allylic oxidation sites excluding steroid dienone is 3. The number of unbranched alkanes of at least 4 members (excludes halogenated alkanes) is 50. The number of ether oxygens (including phenoxy) is 1. The molecule has 0 aromatic rings. The lowest BCUT2D eigenvalue weighted by Gasteiger charge is -2.20. The fraction of sp³-hybridized carbons (Fsp3) is 0.912. The lowest BCUT2D eigenvalue weighted by Crippen LogP contribution is -2.45. The zero-order valence-corrected chi connectivity index (χ0v) is 50.1. The van der Waals surface area contributed by atoms with Crippen LogP contribution in [0.25, 0.3) is 0 Å². The summed E-state index contributed by atoms with van der Waals surface area (Å²) in [7, 11) is 0. The van der Waals surface area contributed by atoms with E-state index in [0.29, 0.717) is 19.4 Å². The smallest absolute Gasteiger partial charge is 0.305 e. The molecule has 0 spiro atoms. The van der Waals surface area contributed by atoms with Crippen molar-refractivity contribution in [3.63, 3.8) is 0 Å². The van der Waals surface area contributed by atoms with E-state index in [1.165, 1.54) is 302 Å². The first kappa shape index (κ1) is 72.3. The lowest BCUT2D eigenvalue weighted by atomic mass is 10.0. The molecule has 0 fully saturated rings. The topological polar surface area (TPSA) is 95.9 Å². The predicted octanol–water partition coefficient (Wildman–Crippen LogP) is 21.4. The first-order chi connectivity index (χ1) is 36.5. The number of aliphatic hydroxyl groups excluding tert-OH is 2. The van der Waals surface area contributed by atoms with E-state index in [1.54, 1.807) is 6.08 Å². The summed E-state index contributed by atoms with van der Waals surface area (Å²) < 4.78 is 5.50. The molecule has 0 aliphatic heterocycles. The average molecular weight is 1040 g/mol. The minimum atomic E-state index is -0.840. The molecule has 0 rings (SSSR count). The molecular formula is C68H131NO5. The molecule has 0 aliphatic rings. The van der Waals surface area contributed by atoms with Gasteiger partial charge >= 0.3 is 5.97 Å². The van der Waals surface area contributed by atoms with Gasteiger partial charge in [0, 0.05) is 12.8 Å². The third kappa shape index (κ3) is 59.6. The van der Waals surface area contributed by atoms with Gasteiger partial charge in [-0.3, -0.25) is 9.59 Å². The fourth-order valence-electron chi connectivity index (χ4n) is 10.6. The second kappa shape index (κ2) is 63.9. The Kier molecular flexibility index (Phi) is 62.4. The monoisotopic (exact) mass is 1040 g/mol. The van der Waals surface area contributed by atoms with E-state index in [2.05, 4.69) is 31.3 Å². The number of carbonyl (C=O) groups excluding carboxylic acids is 2. The molecule has 2 unspecified atom stereocenters. The molecule has 0 aromatic carbocycles. The predicted molar refractivity (Wildman–Crippen MR) is 324 cm³/mol. The average Bonchev–Trinajstić information content (AvgIpc) is 3.40. The Morgan fingerprint density at radius 1 is 0.365 bits per heavy atom. The number of carbonyl (C=O) groups is 2. The Labute approximate surface area is 462 Å². The summed E-state index contributed by atoms with van der Waals surface area (Å²) in [5.41, 5.74) is 0. The molecule has 0 aromatic heterocycles. The van der Waals surface area contributed by atoms with Crippen molar-refractivity contribution >= 4 is 11.9 Å². The number of amides is 1. The van der Waals surface area contributed by atoms with Gasteiger partial charge in [0.05, 0.1) is 25.4 Å². The van der Waals surface area contributed by atoms with Crippen LogP contribution < -0.4 is 5.32 Å². The van der Waals surface area contributed by atoms with Crippen molar-refractivity contribution in [2.45, 2.75) is 386 Å². The number of aliphatic hydroxyl groups is 2. The second-order valence-electron chi connectivity index (χ2n) is 23.2. The minimum absolute atomic E-state index is 0.0160. The summed E-state index contributed by atoms with van der Waals surface area (Å²) in [6, 6.07) is -0.624. The van der Waals surface area contributed by atoms with Gasteiger partial charge < -0.3 is 20.3 Å². The van der Waals surface area contributed by atoms with Crippen molar-refractivity contribution in [3.05, 3.63) is 24.3 Å². The Morgan fingerprint density at radius 2 is 0.635 bits per heavy atom. The molecule has 438 valence electrons. The normalized spacial score (nSPS) is 12.6. The molecule has 0 saturated carbocycles. The number of esters is 1. The number of rotatable bonds is 63. The zero-order chi connectivity index (χ0) is 53.6. The van der Waals surface area contributed by atoms with Crippen molar-refractivity contribution in [2.75, 3.05) is 13.2 Å². The van der Waals surface area contributed by atoms with E-state index in [1.807, 2.05) is 6.08 Å². The Morgan fingerprint density at radius 3 is 0.959 bits per heavy atom. The van der Waals surface area contributed by atoms with Crippen LogP contribution in [0.5, 0.6) is 0 Å². The van der Waals surface area contributed by atoms with Crippen molar-refractivity contribution < 1.29 is 24.5 Å². The lowest BCUT2D eigenvalue weighted by molar-refractivity contribution is -0.143. The molecular weight excluding hydrogens is 911 g/mol. The summed E-state index contributed by atoms with van der Waals surface area (Å²) >= 11 is 0. The van der Waals surface area contributed by atoms with Crippen LogP contribution in [0.1, 0.15) is 373 Å². The van der Waals surface area contributed by atoms with Crippen molar-refractivity contribution in [1.82, 2.24) is 5.32 Å². The standard InChI is InChI=1S/C68H131NO5/c1-3-5-7-9-11-13-15-16-17-18-32-35-38-42-46-50-54-58-62-68(73)74-63-59-55-51-47-43-39-36-33-30-28-26-24-22-20-19-21-23-25-27-29-31-34-37-41-45-49-53-57-61-67(72)69-65(64-70)66(71)60-56-52-48-44-40-14-12-10-8-6-4-2/h17-18,56,60,65-66,70-71H,3-16,19-55,57-59,61-64H2,1-2H3,(H,69,72)/b18-17-,60-56+. The van der Waals surface area contributed by atoms with Gasteiger partial charge in [-0.1, -0.05) is 327 Å². The second-order valence-corrected chi connectivity index (χ2v) is 23.2. The van der Waals surface area contributed by atoms with E-state index in [-0.39, 0.29) is 18.5 Å². The van der Waals surface area contributed by atoms with Crippen LogP contribution in [0.4, 0.5) is 0 Å². The summed E-state index contributed by atoms with van der Waals surface area (Å²) in [6.45, 7) is 4.91. The minimum Gasteiger partial charge on any atom is -0.466 e. The molecule has 74 heavy (non-hydrogen) atoms. The molecule has 1 amide bonds. The van der Waals surface area contributed by atoms with Gasteiger partial charge in [0.2, 0.25) is 5.91 Å². The van der Waals surface area contributed by atoms with Crippen LogP contribution in [-0.4, -0.2) is 47.4 Å². The van der Waals surface area contributed by atoms with Gasteiger partial charge in [0.15, 0.2) is 0 Å². The third-order valence-electron chi connectivity index (χ3n) is 15.7. The number of nitrogens with one attached hydrogen (secondary N) is 1. The van der Waals surface area contributed by atoms with Crippen LogP contribution >= 0.6 is 0 Å². The molecule has 6 heteroatoms. The maximum absolute atomic E-state index is 12.4. The third-order valence-corrected chi connectivity index (χ3v) is 15.7. The summed E-state index contributed by atoms with van der Waals surface area (Å²) in [4.78, 5) is 24.5. The highest BCUT2D eigenvalue weighted by Crippen LogP contribution is 2.18. The highest BCUT2D eigenvalue weighted by Gasteiger charge is 2.18. The van der Waals surface area contributed by atoms with Crippen LogP contribution in [0.2, 0.25) is 0 Å². The van der Waals surface area contributed by atoms with Crippen LogP contribution in [-0.2, 0) is 14.3 Å². The molecule has 0 saturated heterocycles. The largest absolute Gasteiger partial charge is 0.466 e. The summed E-state index contributed by atoms with van der Waals surface area (Å²) in [5.74, 6) is -0.0487. The first-order valence-corrected chi connectivity index (χ1v) is 33.6. The Hall–Kier alpha value is -1.66. The molecule has 0 radical (unpaired) electrons. The Balaban J connectivity index is 3.32. The molecule has 3 N–H and O–H groups in total. The quantitative estimate of drug-likeness (QED) is 0.0320. The molecule has 2 atom stereocenters. The van der Waals surface area contributed by atoms with E-state index >= 15 is 0 Å². The van der Waals surface area contributed by atoms with Crippen molar-refractivity contribution in [3.8, 4) is 0 Å². The van der Waals surface area contributed by atoms with E-state index in [9.17, 15) is 19.8 Å². The molecule has 0 aliphatic carbocycles. The van der Waals surface area contributed by atoms with Gasteiger partial charge in [-0.2, -0.15) is 0 Å². The van der Waals surface area contributed by atoms with Gasteiger partial charge in [-0.05, 0) is 57.8 Å². The first-order valence-electron chi connectivity index (χ1n) is 33.6. The SMILES string of the molecule is CCCCCCCCC/C=C\CCCCCCCCCC(=O)OCCCCCCCCCCCCCCCCCCCCCCCCCCCCCCC(=O)NC(CO)C(O)/C=C/CCCCCCCCCCC. The molecule has 0 bridgehead atoms. The van der Waals surface area contributed by atoms with Crippen LogP contribution in [0.3, 0.4) is 0 Å². The highest BCUT2D eigenvalue weighted by molar-refractivity contribution is 5.76. The number of hydrogen-bond donors (Lipinski definition) is 3. The number of hydrogen-bond acceptors (Lipinski definition) is 5. The summed E-state index contributed by atoms with van der Waals surface area (Å²) in [6.07, 6.45) is 79.7. The van der Waals surface area contributed by atoms with Crippen LogP contribution in [0, 0.1) is 0 Å². The molecule has 0 heterocycles. The van der Waals surface area contributed by atoms with Crippen molar-refractivity contribution in [1.29, 1.82) is 0 Å². The van der Waals surface area contributed by atoms with Gasteiger partial charge in [0.1, 0.15) is 0 Å². The van der Waals surface area contributed by atoms with Gasteiger partial charge in [-0.25, -0.2) is 0 Å². The maximum Gasteiger partial charge on any atom is 0.305 e. The molecule has 6 nitrogen and oxygen atoms in total. The van der Waals surface area contributed by atoms with Gasteiger partial charge in [-0.15, -0.1) is 0 Å². The Bertz CT molecular complexity index is 1150. The maximum atomic E-state index is 12.4. The van der Waals surface area contributed by atoms with Crippen LogP contribution in [0.15, 0.2) is 24.3 Å². The summed E-state index contributed by atoms with van der Waals surface area (Å²) in [5, 5.41) is 23.0. The van der Waals surface area contributed by atoms with E-state index in [4.69, 9.17) is 4.74 Å². The zero-order valence-electron chi connectivity index (χ0n) is 50.1. The van der Waals surface area contributed by atoms with E-state index < -0.39 is 12.1 Å².